The lowest BCUT2D eigenvalue weighted by molar-refractivity contribution is -0.123. The minimum Gasteiger partial charge on any atom is -0.343 e. The topological polar surface area (TPSA) is 88.9 Å². The summed E-state index contributed by atoms with van der Waals surface area (Å²) in [4.78, 5) is 29.1. The summed E-state index contributed by atoms with van der Waals surface area (Å²) in [6.45, 7) is 5.98. The van der Waals surface area contributed by atoms with Gasteiger partial charge in [-0.3, -0.25) is 14.3 Å². The molecule has 150 valence electrons. The van der Waals surface area contributed by atoms with E-state index in [0.717, 1.165) is 5.56 Å². The Balaban J connectivity index is 1.77. The summed E-state index contributed by atoms with van der Waals surface area (Å²) in [6.07, 6.45) is 3.08. The Morgan fingerprint density at radius 3 is 2.48 bits per heavy atom. The molecule has 29 heavy (non-hydrogen) atoms. The third-order valence-corrected chi connectivity index (χ3v) is 4.41. The van der Waals surface area contributed by atoms with Crippen LogP contribution in [0, 0.1) is 5.41 Å². The SMILES string of the molecule is CC(C)(C)C(=O)Nc1cccc(C(=O)NC(Cn2cncn2)c2ccccc2)c1. The van der Waals surface area contributed by atoms with Gasteiger partial charge in [0.25, 0.3) is 5.91 Å². The minimum atomic E-state index is -0.519. The van der Waals surface area contributed by atoms with Gasteiger partial charge in [-0.05, 0) is 23.8 Å². The Bertz CT molecular complexity index is 962. The van der Waals surface area contributed by atoms with Crippen LogP contribution in [0.4, 0.5) is 5.69 Å². The van der Waals surface area contributed by atoms with Gasteiger partial charge in [-0.25, -0.2) is 4.98 Å². The van der Waals surface area contributed by atoms with Gasteiger partial charge in [0.1, 0.15) is 12.7 Å². The summed E-state index contributed by atoms with van der Waals surface area (Å²) in [5, 5.41) is 10.1. The number of amides is 2. The fourth-order valence-corrected chi connectivity index (χ4v) is 2.73. The first-order valence-electron chi connectivity index (χ1n) is 9.42. The molecule has 1 aromatic heterocycles. The highest BCUT2D eigenvalue weighted by Crippen LogP contribution is 2.20. The molecule has 3 aromatic rings. The summed E-state index contributed by atoms with van der Waals surface area (Å²) >= 11 is 0. The summed E-state index contributed by atoms with van der Waals surface area (Å²) in [7, 11) is 0. The Morgan fingerprint density at radius 1 is 1.07 bits per heavy atom. The fraction of sp³-hybridized carbons (Fsp3) is 0.273. The molecule has 0 aliphatic rings. The number of carbonyl (C=O) groups is 2. The summed E-state index contributed by atoms with van der Waals surface area (Å²) < 4.78 is 1.68. The molecule has 0 bridgehead atoms. The van der Waals surface area contributed by atoms with Crippen molar-refractivity contribution in [3.05, 3.63) is 78.4 Å². The van der Waals surface area contributed by atoms with Gasteiger partial charge in [0.15, 0.2) is 0 Å². The summed E-state index contributed by atoms with van der Waals surface area (Å²) in [5.74, 6) is -0.339. The lowest BCUT2D eigenvalue weighted by Crippen LogP contribution is -2.32. The molecule has 0 spiro atoms. The number of anilines is 1. The van der Waals surface area contributed by atoms with Crippen LogP contribution in [0.25, 0.3) is 0 Å². The van der Waals surface area contributed by atoms with Gasteiger partial charge >= 0.3 is 0 Å². The second-order valence-electron chi connectivity index (χ2n) is 7.84. The summed E-state index contributed by atoms with van der Waals surface area (Å²) in [6, 6.07) is 16.3. The van der Waals surface area contributed by atoms with Gasteiger partial charge in [-0.2, -0.15) is 5.10 Å². The molecule has 7 nitrogen and oxygen atoms in total. The van der Waals surface area contributed by atoms with Crippen LogP contribution >= 0.6 is 0 Å². The third kappa shape index (κ3) is 5.51. The van der Waals surface area contributed by atoms with Crippen molar-refractivity contribution in [1.82, 2.24) is 20.1 Å². The first-order valence-corrected chi connectivity index (χ1v) is 9.42. The van der Waals surface area contributed by atoms with Gasteiger partial charge in [0, 0.05) is 16.7 Å². The van der Waals surface area contributed by atoms with Crippen LogP contribution in [-0.4, -0.2) is 26.6 Å². The largest absolute Gasteiger partial charge is 0.343 e. The van der Waals surface area contributed by atoms with Crippen molar-refractivity contribution in [2.45, 2.75) is 33.4 Å². The van der Waals surface area contributed by atoms with E-state index in [9.17, 15) is 9.59 Å². The molecule has 1 unspecified atom stereocenters. The maximum atomic E-state index is 12.9. The van der Waals surface area contributed by atoms with Crippen molar-refractivity contribution in [3.8, 4) is 0 Å². The zero-order valence-corrected chi connectivity index (χ0v) is 16.8. The van der Waals surface area contributed by atoms with Gasteiger partial charge in [0.2, 0.25) is 5.91 Å². The Kier molecular flexibility index (Phi) is 6.07. The molecule has 0 fully saturated rings. The number of nitrogens with zero attached hydrogens (tertiary/aromatic N) is 3. The van der Waals surface area contributed by atoms with E-state index in [1.165, 1.54) is 6.33 Å². The molecule has 1 heterocycles. The highest BCUT2D eigenvalue weighted by molar-refractivity contribution is 5.98. The maximum Gasteiger partial charge on any atom is 0.251 e. The lowest BCUT2D eigenvalue weighted by atomic mass is 9.95. The first kappa shape index (κ1) is 20.3. The molecule has 0 aliphatic heterocycles. The molecule has 0 aliphatic carbocycles. The van der Waals surface area contributed by atoms with Crippen LogP contribution in [-0.2, 0) is 11.3 Å². The molecule has 0 saturated heterocycles. The van der Waals surface area contributed by atoms with Crippen molar-refractivity contribution >= 4 is 17.5 Å². The van der Waals surface area contributed by atoms with E-state index in [4.69, 9.17) is 0 Å². The number of nitrogens with one attached hydrogen (secondary N) is 2. The highest BCUT2D eigenvalue weighted by Gasteiger charge is 2.22. The van der Waals surface area contributed by atoms with E-state index in [1.807, 2.05) is 51.1 Å². The molecule has 0 radical (unpaired) electrons. The summed E-state index contributed by atoms with van der Waals surface area (Å²) in [5.41, 5.74) is 1.50. The third-order valence-electron chi connectivity index (χ3n) is 4.41. The van der Waals surface area contributed by atoms with Crippen LogP contribution in [0.5, 0.6) is 0 Å². The molecule has 2 aromatic carbocycles. The van der Waals surface area contributed by atoms with Gasteiger partial charge < -0.3 is 10.6 Å². The van der Waals surface area contributed by atoms with Crippen molar-refractivity contribution in [2.24, 2.45) is 5.41 Å². The molecular formula is C22H25N5O2. The second-order valence-corrected chi connectivity index (χ2v) is 7.84. The number of hydrogen-bond donors (Lipinski definition) is 2. The number of benzene rings is 2. The second kappa shape index (κ2) is 8.68. The molecule has 2 N–H and O–H groups in total. The van der Waals surface area contributed by atoms with E-state index in [0.29, 0.717) is 17.8 Å². The van der Waals surface area contributed by atoms with Crippen LogP contribution in [0.3, 0.4) is 0 Å². The number of hydrogen-bond acceptors (Lipinski definition) is 4. The van der Waals surface area contributed by atoms with Crippen LogP contribution in [0.2, 0.25) is 0 Å². The van der Waals surface area contributed by atoms with Crippen LogP contribution < -0.4 is 10.6 Å². The van der Waals surface area contributed by atoms with E-state index in [1.54, 1.807) is 35.3 Å². The molecule has 3 rings (SSSR count). The van der Waals surface area contributed by atoms with Crippen LogP contribution in [0.1, 0.15) is 42.7 Å². The van der Waals surface area contributed by atoms with Crippen molar-refractivity contribution in [1.29, 1.82) is 0 Å². The Hall–Kier alpha value is -3.48. The van der Waals surface area contributed by atoms with Crippen molar-refractivity contribution in [2.75, 3.05) is 5.32 Å². The zero-order chi connectivity index (χ0) is 20.9. The first-order chi connectivity index (χ1) is 13.8. The molecule has 0 saturated carbocycles. The number of carbonyl (C=O) groups excluding carboxylic acids is 2. The van der Waals surface area contributed by atoms with Crippen molar-refractivity contribution in [3.63, 3.8) is 0 Å². The normalized spacial score (nSPS) is 12.2. The molecule has 2 amide bonds. The predicted octanol–water partition coefficient (Wildman–Crippen LogP) is 3.43. The smallest absolute Gasteiger partial charge is 0.251 e. The lowest BCUT2D eigenvalue weighted by Gasteiger charge is -2.20. The number of rotatable bonds is 6. The van der Waals surface area contributed by atoms with Crippen LogP contribution in [0.15, 0.2) is 67.3 Å². The standard InChI is InChI=1S/C22H25N5O2/c1-22(2,3)21(29)25-18-11-7-10-17(12-18)20(28)26-19(13-27-15-23-14-24-27)16-8-5-4-6-9-16/h4-12,14-15,19H,13H2,1-3H3,(H,25,29)(H,26,28). The van der Waals surface area contributed by atoms with E-state index in [-0.39, 0.29) is 17.9 Å². The van der Waals surface area contributed by atoms with Gasteiger partial charge in [-0.15, -0.1) is 0 Å². The maximum absolute atomic E-state index is 12.9. The van der Waals surface area contributed by atoms with E-state index >= 15 is 0 Å². The quantitative estimate of drug-likeness (QED) is 0.674. The molecule has 7 heteroatoms. The Labute approximate surface area is 170 Å². The fourth-order valence-electron chi connectivity index (χ4n) is 2.73. The van der Waals surface area contributed by atoms with Gasteiger partial charge in [-0.1, -0.05) is 57.2 Å². The van der Waals surface area contributed by atoms with Crippen molar-refractivity contribution < 1.29 is 9.59 Å². The predicted molar refractivity (Wildman–Crippen MR) is 111 cm³/mol. The number of aromatic nitrogens is 3. The van der Waals surface area contributed by atoms with E-state index < -0.39 is 5.41 Å². The highest BCUT2D eigenvalue weighted by atomic mass is 16.2. The average molecular weight is 391 g/mol. The zero-order valence-electron chi connectivity index (χ0n) is 16.8. The molecule has 1 atom stereocenters. The average Bonchev–Trinajstić information content (AvgIpc) is 3.21. The minimum absolute atomic E-state index is 0.108. The monoisotopic (exact) mass is 391 g/mol. The molecular weight excluding hydrogens is 366 g/mol. The van der Waals surface area contributed by atoms with E-state index in [2.05, 4.69) is 20.7 Å². The van der Waals surface area contributed by atoms with Gasteiger partial charge in [0.05, 0.1) is 12.6 Å². The Morgan fingerprint density at radius 2 is 1.83 bits per heavy atom.